The van der Waals surface area contributed by atoms with Crippen LogP contribution in [-0.4, -0.2) is 17.0 Å². The van der Waals surface area contributed by atoms with E-state index in [1.165, 1.54) is 30.3 Å². The fraction of sp³-hybridized carbons (Fsp3) is 0. The second kappa shape index (κ2) is 6.52. The van der Waals surface area contributed by atoms with Gasteiger partial charge in [-0.2, -0.15) is 0 Å². The van der Waals surface area contributed by atoms with Gasteiger partial charge >= 0.3 is 5.97 Å². The van der Waals surface area contributed by atoms with Crippen LogP contribution in [0.5, 0.6) is 0 Å². The Labute approximate surface area is 141 Å². The smallest absolute Gasteiger partial charge is 0.337 e. The predicted octanol–water partition coefficient (Wildman–Crippen LogP) is 4.14. The van der Waals surface area contributed by atoms with Crippen molar-refractivity contribution in [2.24, 2.45) is 0 Å². The highest BCUT2D eigenvalue weighted by atomic mass is 127. The molecule has 0 aromatic heterocycles. The average Bonchev–Trinajstić information content (AvgIpc) is 2.43. The van der Waals surface area contributed by atoms with Crippen LogP contribution in [0, 0.1) is 9.39 Å². The first-order valence-corrected chi connectivity index (χ1v) is 7.55. The molecule has 0 atom stereocenters. The molecule has 0 spiro atoms. The Hall–Kier alpha value is -1.48. The number of carbonyl (C=O) groups excluding carboxylic acids is 1. The van der Waals surface area contributed by atoms with Gasteiger partial charge in [0.05, 0.1) is 21.3 Å². The number of carbonyl (C=O) groups is 2. The summed E-state index contributed by atoms with van der Waals surface area (Å²) in [5, 5.41) is 11.6. The highest BCUT2D eigenvalue weighted by Crippen LogP contribution is 2.22. The van der Waals surface area contributed by atoms with Crippen molar-refractivity contribution < 1.29 is 19.1 Å². The summed E-state index contributed by atoms with van der Waals surface area (Å²) in [5.41, 5.74) is -0.0998. The second-order valence-electron chi connectivity index (χ2n) is 4.05. The number of halogens is 3. The van der Waals surface area contributed by atoms with E-state index in [4.69, 9.17) is 5.11 Å². The quantitative estimate of drug-likeness (QED) is 0.672. The lowest BCUT2D eigenvalue weighted by Gasteiger charge is -2.10. The molecule has 0 saturated heterocycles. The lowest BCUT2D eigenvalue weighted by Crippen LogP contribution is -2.16. The molecule has 0 aliphatic rings. The van der Waals surface area contributed by atoms with Crippen LogP contribution in [0.3, 0.4) is 0 Å². The van der Waals surface area contributed by atoms with E-state index < -0.39 is 17.7 Å². The number of anilines is 1. The van der Waals surface area contributed by atoms with E-state index in [1.807, 2.05) is 22.6 Å². The molecule has 1 amide bonds. The maximum absolute atomic E-state index is 13.9. The van der Waals surface area contributed by atoms with Gasteiger partial charge in [0.15, 0.2) is 0 Å². The molecule has 0 heterocycles. The molecule has 108 valence electrons. The van der Waals surface area contributed by atoms with Crippen LogP contribution in [0.4, 0.5) is 10.1 Å². The van der Waals surface area contributed by atoms with Crippen molar-refractivity contribution in [2.45, 2.75) is 0 Å². The van der Waals surface area contributed by atoms with Gasteiger partial charge in [-0.3, -0.25) is 4.79 Å². The Bertz CT molecular complexity index is 736. The zero-order valence-corrected chi connectivity index (χ0v) is 14.1. The van der Waals surface area contributed by atoms with Crippen molar-refractivity contribution in [2.75, 3.05) is 5.32 Å². The summed E-state index contributed by atoms with van der Waals surface area (Å²) in [6, 6.07) is 8.87. The van der Waals surface area contributed by atoms with E-state index in [2.05, 4.69) is 21.2 Å². The number of carboxylic acids is 1. The van der Waals surface area contributed by atoms with Gasteiger partial charge in [0, 0.05) is 3.57 Å². The zero-order valence-electron chi connectivity index (χ0n) is 10.4. The molecule has 0 unspecified atom stereocenters. The van der Waals surface area contributed by atoms with Crippen molar-refractivity contribution >= 4 is 56.1 Å². The molecule has 2 rings (SSSR count). The van der Waals surface area contributed by atoms with E-state index in [0.717, 1.165) is 3.57 Å². The third-order valence-corrected chi connectivity index (χ3v) is 3.94. The SMILES string of the molecule is O=C(O)c1cc(I)ccc1NC(=O)c1cccc(Br)c1F. The van der Waals surface area contributed by atoms with Crippen LogP contribution in [0.15, 0.2) is 40.9 Å². The van der Waals surface area contributed by atoms with Gasteiger partial charge in [-0.25, -0.2) is 9.18 Å². The number of hydrogen-bond donors (Lipinski definition) is 2. The molecule has 0 fully saturated rings. The number of hydrogen-bond acceptors (Lipinski definition) is 2. The van der Waals surface area contributed by atoms with Crippen molar-refractivity contribution in [3.8, 4) is 0 Å². The topological polar surface area (TPSA) is 66.4 Å². The monoisotopic (exact) mass is 463 g/mol. The van der Waals surface area contributed by atoms with Crippen LogP contribution >= 0.6 is 38.5 Å². The summed E-state index contributed by atoms with van der Waals surface area (Å²) in [6.45, 7) is 0. The minimum Gasteiger partial charge on any atom is -0.478 e. The van der Waals surface area contributed by atoms with Crippen LogP contribution in [0.25, 0.3) is 0 Å². The molecule has 0 aliphatic heterocycles. The number of nitrogens with one attached hydrogen (secondary N) is 1. The normalized spacial score (nSPS) is 10.2. The Balaban J connectivity index is 2.36. The van der Waals surface area contributed by atoms with Crippen LogP contribution in [-0.2, 0) is 0 Å². The summed E-state index contributed by atoms with van der Waals surface area (Å²) >= 11 is 4.96. The van der Waals surface area contributed by atoms with Crippen molar-refractivity contribution in [3.05, 3.63) is 61.4 Å². The molecule has 2 aromatic carbocycles. The maximum atomic E-state index is 13.9. The van der Waals surface area contributed by atoms with Crippen molar-refractivity contribution in [1.29, 1.82) is 0 Å². The standard InChI is InChI=1S/C14H8BrFINO3/c15-10-3-1-2-8(12(10)16)13(19)18-11-5-4-7(17)6-9(11)14(20)21/h1-6H,(H,18,19)(H,20,21). The molecule has 0 aliphatic carbocycles. The Morgan fingerprint density at radius 2 is 1.90 bits per heavy atom. The number of benzene rings is 2. The molecule has 0 bridgehead atoms. The summed E-state index contributed by atoms with van der Waals surface area (Å²) in [5.74, 6) is -2.58. The van der Waals surface area contributed by atoms with E-state index in [1.54, 1.807) is 6.07 Å². The van der Waals surface area contributed by atoms with Gasteiger partial charge in [-0.15, -0.1) is 0 Å². The van der Waals surface area contributed by atoms with Gasteiger partial charge in [0.25, 0.3) is 5.91 Å². The molecule has 4 nitrogen and oxygen atoms in total. The van der Waals surface area contributed by atoms with Gasteiger partial charge in [0.1, 0.15) is 5.82 Å². The fourth-order valence-electron chi connectivity index (χ4n) is 1.67. The van der Waals surface area contributed by atoms with Gasteiger partial charge in [0.2, 0.25) is 0 Å². The summed E-state index contributed by atoms with van der Waals surface area (Å²) in [4.78, 5) is 23.3. The molecule has 0 saturated carbocycles. The van der Waals surface area contributed by atoms with Crippen molar-refractivity contribution in [3.63, 3.8) is 0 Å². The molecule has 0 radical (unpaired) electrons. The second-order valence-corrected chi connectivity index (χ2v) is 6.15. The minimum atomic E-state index is -1.17. The molecular weight excluding hydrogens is 456 g/mol. The average molecular weight is 464 g/mol. The van der Waals surface area contributed by atoms with Crippen molar-refractivity contribution in [1.82, 2.24) is 0 Å². The lowest BCUT2D eigenvalue weighted by molar-refractivity contribution is 0.0698. The van der Waals surface area contributed by atoms with E-state index in [-0.39, 0.29) is 21.3 Å². The highest BCUT2D eigenvalue weighted by molar-refractivity contribution is 14.1. The maximum Gasteiger partial charge on any atom is 0.337 e. The Morgan fingerprint density at radius 1 is 1.19 bits per heavy atom. The minimum absolute atomic E-state index is 0.0503. The number of carboxylic acid groups (broad SMARTS) is 1. The molecular formula is C14H8BrFINO3. The number of aromatic carboxylic acids is 1. The van der Waals surface area contributed by atoms with Crippen LogP contribution in [0.2, 0.25) is 0 Å². The van der Waals surface area contributed by atoms with Gasteiger partial charge in [-0.1, -0.05) is 6.07 Å². The Kier molecular flexibility index (Phi) is 4.94. The summed E-state index contributed by atoms with van der Waals surface area (Å²) < 4.78 is 14.7. The molecule has 2 N–H and O–H groups in total. The number of amides is 1. The van der Waals surface area contributed by atoms with E-state index in [9.17, 15) is 14.0 Å². The molecule has 7 heteroatoms. The first-order valence-electron chi connectivity index (χ1n) is 5.68. The third kappa shape index (κ3) is 3.59. The number of rotatable bonds is 3. The van der Waals surface area contributed by atoms with E-state index >= 15 is 0 Å². The molecule has 21 heavy (non-hydrogen) atoms. The van der Waals surface area contributed by atoms with Gasteiger partial charge < -0.3 is 10.4 Å². The summed E-state index contributed by atoms with van der Waals surface area (Å²) in [6.07, 6.45) is 0. The van der Waals surface area contributed by atoms with E-state index in [0.29, 0.717) is 0 Å². The zero-order chi connectivity index (χ0) is 15.6. The largest absolute Gasteiger partial charge is 0.478 e. The first-order chi connectivity index (χ1) is 9.90. The Morgan fingerprint density at radius 3 is 2.57 bits per heavy atom. The highest BCUT2D eigenvalue weighted by Gasteiger charge is 2.17. The fourth-order valence-corrected chi connectivity index (χ4v) is 2.53. The van der Waals surface area contributed by atoms with Crippen LogP contribution < -0.4 is 5.32 Å². The third-order valence-electron chi connectivity index (χ3n) is 2.66. The van der Waals surface area contributed by atoms with Crippen LogP contribution in [0.1, 0.15) is 20.7 Å². The summed E-state index contributed by atoms with van der Waals surface area (Å²) in [7, 11) is 0. The lowest BCUT2D eigenvalue weighted by atomic mass is 10.1. The van der Waals surface area contributed by atoms with Gasteiger partial charge in [-0.05, 0) is 68.9 Å². The predicted molar refractivity (Wildman–Crippen MR) is 88.2 cm³/mol. The molecule has 2 aromatic rings. The first kappa shape index (κ1) is 15.9.